The van der Waals surface area contributed by atoms with Gasteiger partial charge in [-0.25, -0.2) is 0 Å². The molecule has 0 heterocycles. The average Bonchev–Trinajstić information content (AvgIpc) is 2.01. The van der Waals surface area contributed by atoms with Gasteiger partial charge in [-0.1, -0.05) is 33.6 Å². The van der Waals surface area contributed by atoms with Gasteiger partial charge >= 0.3 is 0 Å². The summed E-state index contributed by atoms with van der Waals surface area (Å²) in [6.07, 6.45) is 2.08. The van der Waals surface area contributed by atoms with Crippen molar-refractivity contribution in [2.45, 2.75) is 27.7 Å². The van der Waals surface area contributed by atoms with E-state index < -0.39 is 0 Å². The summed E-state index contributed by atoms with van der Waals surface area (Å²) >= 11 is 2.28. The molecule has 1 N–H and O–H groups in total. The number of nitrogens with one attached hydrogen (secondary N) is 1. The number of hydrogen-bond donors (Lipinski definition) is 1. The molecule has 1 nitrogen and oxygen atoms in total. The summed E-state index contributed by atoms with van der Waals surface area (Å²) in [6.45, 7) is 20.1. The Labute approximate surface area is 107 Å². The maximum Gasteiger partial charge on any atom is 0.0285 e. The van der Waals surface area contributed by atoms with E-state index >= 15 is 0 Å². The van der Waals surface area contributed by atoms with Gasteiger partial charge in [0, 0.05) is 16.8 Å². The van der Waals surface area contributed by atoms with Gasteiger partial charge in [-0.2, -0.15) is 0 Å². The molecule has 0 amide bonds. The van der Waals surface area contributed by atoms with Crippen LogP contribution in [0.15, 0.2) is 46.4 Å². The summed E-state index contributed by atoms with van der Waals surface area (Å²) < 4.78 is 1.22. The molecular weight excluding hydrogens is 297 g/mol. The molecule has 0 rings (SSSR count). The van der Waals surface area contributed by atoms with E-state index in [9.17, 15) is 0 Å². The fourth-order valence-corrected chi connectivity index (χ4v) is 1.40. The minimum atomic E-state index is -0.161. The largest absolute Gasteiger partial charge is 0.363 e. The van der Waals surface area contributed by atoms with Gasteiger partial charge in [0.15, 0.2) is 0 Å². The fraction of sp³-hybridized carbons (Fsp3) is 0.385. The predicted molar refractivity (Wildman–Crippen MR) is 77.8 cm³/mol. The van der Waals surface area contributed by atoms with Gasteiger partial charge in [-0.15, -0.1) is 0 Å². The highest BCUT2D eigenvalue weighted by Gasteiger charge is 2.24. The molecule has 0 aliphatic heterocycles. The van der Waals surface area contributed by atoms with Crippen molar-refractivity contribution in [3.05, 3.63) is 46.4 Å². The molecule has 15 heavy (non-hydrogen) atoms. The molecule has 2 heteroatoms. The van der Waals surface area contributed by atoms with E-state index in [0.717, 1.165) is 17.0 Å². The first kappa shape index (κ1) is 14.5. The first-order valence-electron chi connectivity index (χ1n) is 4.83. The van der Waals surface area contributed by atoms with Crippen molar-refractivity contribution in [2.75, 3.05) is 0 Å². The van der Waals surface area contributed by atoms with Crippen LogP contribution in [0, 0.1) is 5.41 Å². The average molecular weight is 317 g/mol. The van der Waals surface area contributed by atoms with Crippen LogP contribution >= 0.6 is 22.6 Å². The van der Waals surface area contributed by atoms with Crippen molar-refractivity contribution in [3.63, 3.8) is 0 Å². The van der Waals surface area contributed by atoms with Crippen LogP contribution in [0.2, 0.25) is 0 Å². The third-order valence-corrected chi connectivity index (χ3v) is 2.61. The van der Waals surface area contributed by atoms with Crippen LogP contribution in [-0.4, -0.2) is 0 Å². The summed E-state index contributed by atoms with van der Waals surface area (Å²) in [5.41, 5.74) is 2.71. The van der Waals surface area contributed by atoms with Crippen LogP contribution in [0.25, 0.3) is 0 Å². The Balaban J connectivity index is 4.81. The number of allylic oxidation sites excluding steroid dienone is 4. The molecule has 0 aliphatic carbocycles. The van der Waals surface area contributed by atoms with Crippen LogP contribution in [0.1, 0.15) is 27.7 Å². The quantitative estimate of drug-likeness (QED) is 0.580. The second-order valence-electron chi connectivity index (χ2n) is 4.27. The van der Waals surface area contributed by atoms with E-state index in [0.29, 0.717) is 0 Å². The monoisotopic (exact) mass is 317 g/mol. The summed E-state index contributed by atoms with van der Waals surface area (Å²) in [6, 6.07) is 0. The topological polar surface area (TPSA) is 12.0 Å². The second-order valence-corrected chi connectivity index (χ2v) is 5.97. The van der Waals surface area contributed by atoms with Crippen LogP contribution < -0.4 is 5.32 Å². The van der Waals surface area contributed by atoms with Crippen molar-refractivity contribution in [3.8, 4) is 0 Å². The maximum absolute atomic E-state index is 4.08. The zero-order chi connectivity index (χ0) is 12.2. The number of halogens is 1. The van der Waals surface area contributed by atoms with Crippen molar-refractivity contribution >= 4 is 22.6 Å². The molecule has 0 radical (unpaired) electrons. The molecule has 0 unspecified atom stereocenters. The van der Waals surface area contributed by atoms with E-state index in [4.69, 9.17) is 0 Å². The first-order chi connectivity index (χ1) is 6.67. The minimum Gasteiger partial charge on any atom is -0.363 e. The van der Waals surface area contributed by atoms with E-state index in [1.807, 2.05) is 6.92 Å². The van der Waals surface area contributed by atoms with Crippen molar-refractivity contribution < 1.29 is 0 Å². The van der Waals surface area contributed by atoms with Gasteiger partial charge in [0.1, 0.15) is 0 Å². The Morgan fingerprint density at radius 1 is 1.20 bits per heavy atom. The van der Waals surface area contributed by atoms with Gasteiger partial charge in [-0.3, -0.25) is 0 Å². The van der Waals surface area contributed by atoms with E-state index in [-0.39, 0.29) is 5.41 Å². The minimum absolute atomic E-state index is 0.161. The summed E-state index contributed by atoms with van der Waals surface area (Å²) in [5.74, 6) is 0. The summed E-state index contributed by atoms with van der Waals surface area (Å²) in [7, 11) is 0. The smallest absolute Gasteiger partial charge is 0.0285 e. The fourth-order valence-electron chi connectivity index (χ4n) is 1.03. The van der Waals surface area contributed by atoms with Gasteiger partial charge < -0.3 is 5.32 Å². The molecule has 0 atom stereocenters. The molecule has 0 saturated heterocycles. The van der Waals surface area contributed by atoms with Gasteiger partial charge in [0.05, 0.1) is 0 Å². The molecule has 0 aromatic heterocycles. The highest BCUT2D eigenvalue weighted by atomic mass is 127. The normalized spacial score (nSPS) is 12.2. The molecule has 0 aromatic rings. The summed E-state index contributed by atoms with van der Waals surface area (Å²) in [5, 5.41) is 3.16. The lowest BCUT2D eigenvalue weighted by atomic mass is 9.82. The van der Waals surface area contributed by atoms with E-state index in [1.54, 1.807) is 0 Å². The number of rotatable bonds is 5. The van der Waals surface area contributed by atoms with Crippen LogP contribution in [0.5, 0.6) is 0 Å². The Kier molecular flexibility index (Phi) is 5.35. The predicted octanol–water partition coefficient (Wildman–Crippen LogP) is 4.54. The molecule has 0 saturated carbocycles. The summed E-state index contributed by atoms with van der Waals surface area (Å²) in [4.78, 5) is 0. The molecule has 0 aromatic carbocycles. The molecule has 0 fully saturated rings. The Hall–Kier alpha value is -0.510. The molecule has 0 spiro atoms. The van der Waals surface area contributed by atoms with E-state index in [2.05, 4.69) is 74.5 Å². The van der Waals surface area contributed by atoms with Crippen LogP contribution in [0.4, 0.5) is 0 Å². The standard InChI is InChI=1S/C13H20IN/c1-9(2)15-12(5)13(6,7)10(3)8-11(4)14/h8,15H,1,3,5H2,2,4,6-7H3/b11-8+. The lowest BCUT2D eigenvalue weighted by Gasteiger charge is -2.29. The van der Waals surface area contributed by atoms with Gasteiger partial charge in [0.25, 0.3) is 0 Å². The maximum atomic E-state index is 4.08. The van der Waals surface area contributed by atoms with Crippen LogP contribution in [-0.2, 0) is 0 Å². The third-order valence-electron chi connectivity index (χ3n) is 2.29. The Morgan fingerprint density at radius 2 is 1.67 bits per heavy atom. The first-order valence-corrected chi connectivity index (χ1v) is 5.91. The molecule has 0 aliphatic rings. The van der Waals surface area contributed by atoms with E-state index in [1.165, 1.54) is 3.58 Å². The molecule has 84 valence electrons. The number of hydrogen-bond acceptors (Lipinski definition) is 1. The van der Waals surface area contributed by atoms with Gasteiger partial charge in [0.2, 0.25) is 0 Å². The van der Waals surface area contributed by atoms with Gasteiger partial charge in [-0.05, 0) is 51.7 Å². The second kappa shape index (κ2) is 5.54. The lowest BCUT2D eigenvalue weighted by Crippen LogP contribution is -2.25. The van der Waals surface area contributed by atoms with Crippen molar-refractivity contribution in [2.24, 2.45) is 5.41 Å². The Bertz CT molecular complexity index is 317. The third kappa shape index (κ3) is 4.69. The SMILES string of the molecule is C=C(C)NC(=C)C(C)(C)C(=C)/C=C(\C)I. The zero-order valence-corrected chi connectivity index (χ0v) is 12.2. The van der Waals surface area contributed by atoms with Crippen molar-refractivity contribution in [1.29, 1.82) is 0 Å². The molecule has 0 bridgehead atoms. The zero-order valence-electron chi connectivity index (χ0n) is 10.1. The Morgan fingerprint density at radius 3 is 2.00 bits per heavy atom. The van der Waals surface area contributed by atoms with Crippen molar-refractivity contribution in [1.82, 2.24) is 5.32 Å². The highest BCUT2D eigenvalue weighted by molar-refractivity contribution is 14.1. The van der Waals surface area contributed by atoms with Crippen LogP contribution in [0.3, 0.4) is 0 Å². The highest BCUT2D eigenvalue weighted by Crippen LogP contribution is 2.33. The molecular formula is C13H20IN. The lowest BCUT2D eigenvalue weighted by molar-refractivity contribution is 0.522.